The van der Waals surface area contributed by atoms with Crippen LogP contribution in [0.15, 0.2) is 28.8 Å². The first-order valence-electron chi connectivity index (χ1n) is 10.5. The zero-order valence-electron chi connectivity index (χ0n) is 17.6. The fourth-order valence-corrected chi connectivity index (χ4v) is 3.72. The molecule has 0 spiro atoms. The Kier molecular flexibility index (Phi) is 7.38. The van der Waals surface area contributed by atoms with Gasteiger partial charge >= 0.3 is 6.18 Å². The van der Waals surface area contributed by atoms with Gasteiger partial charge in [0, 0.05) is 23.7 Å². The summed E-state index contributed by atoms with van der Waals surface area (Å²) in [5.74, 6) is 0.219. The second-order valence-corrected chi connectivity index (χ2v) is 8.43. The van der Waals surface area contributed by atoms with Crippen LogP contribution in [0.25, 0.3) is 11.3 Å². The van der Waals surface area contributed by atoms with Crippen molar-refractivity contribution in [1.82, 2.24) is 15.8 Å². The Morgan fingerprint density at radius 2 is 1.97 bits per heavy atom. The Morgan fingerprint density at radius 1 is 1.26 bits per heavy atom. The van der Waals surface area contributed by atoms with Crippen LogP contribution in [0.4, 0.5) is 13.2 Å². The molecule has 1 heterocycles. The summed E-state index contributed by atoms with van der Waals surface area (Å²) < 4.78 is 44.1. The van der Waals surface area contributed by atoms with Gasteiger partial charge in [-0.15, -0.1) is 0 Å². The molecule has 1 aromatic carbocycles. The second kappa shape index (κ2) is 9.82. The van der Waals surface area contributed by atoms with Crippen LogP contribution < -0.4 is 10.6 Å². The molecule has 2 aromatic rings. The van der Waals surface area contributed by atoms with Crippen LogP contribution in [0.5, 0.6) is 0 Å². The van der Waals surface area contributed by atoms with Crippen LogP contribution in [0.1, 0.15) is 61.1 Å². The van der Waals surface area contributed by atoms with Crippen molar-refractivity contribution in [2.24, 2.45) is 5.92 Å². The summed E-state index contributed by atoms with van der Waals surface area (Å²) in [4.78, 5) is 12.9. The van der Waals surface area contributed by atoms with Crippen molar-refractivity contribution in [3.8, 4) is 11.3 Å². The highest BCUT2D eigenvalue weighted by molar-refractivity contribution is 5.95. The van der Waals surface area contributed by atoms with Gasteiger partial charge in [-0.2, -0.15) is 13.2 Å². The number of nitrogens with zero attached hydrogens (tertiary/aromatic N) is 1. The highest BCUT2D eigenvalue weighted by atomic mass is 19.4. The standard InChI is InChI=1S/C22H28F3N3O3/c1-13(2)11-26-12-18-19(21(30)27-16-4-3-5-17(29)10-16)28-31-20(18)14-6-8-15(9-7-14)22(23,24)25/h6-9,13,16-17,26,29H,3-5,10-12H2,1-2H3,(H,27,30). The maximum atomic E-state index is 12.9. The number of halogens is 3. The Morgan fingerprint density at radius 3 is 2.58 bits per heavy atom. The number of hydrogen-bond acceptors (Lipinski definition) is 5. The van der Waals surface area contributed by atoms with Crippen molar-refractivity contribution in [2.45, 2.75) is 64.4 Å². The number of alkyl halides is 3. The van der Waals surface area contributed by atoms with Crippen molar-refractivity contribution in [1.29, 1.82) is 0 Å². The third kappa shape index (κ3) is 6.07. The van der Waals surface area contributed by atoms with E-state index in [1.165, 1.54) is 12.1 Å². The Balaban J connectivity index is 1.85. The number of amides is 1. The van der Waals surface area contributed by atoms with Gasteiger partial charge in [-0.25, -0.2) is 0 Å². The summed E-state index contributed by atoms with van der Waals surface area (Å²) in [6.45, 7) is 5.06. The average Bonchev–Trinajstić information content (AvgIpc) is 3.11. The third-order valence-corrected chi connectivity index (χ3v) is 5.31. The van der Waals surface area contributed by atoms with Crippen molar-refractivity contribution in [3.05, 3.63) is 41.1 Å². The number of aromatic nitrogens is 1. The molecule has 0 bridgehead atoms. The first-order valence-corrected chi connectivity index (χ1v) is 10.5. The van der Waals surface area contributed by atoms with E-state index in [-0.39, 0.29) is 24.0 Å². The van der Waals surface area contributed by atoms with E-state index >= 15 is 0 Å². The Bertz CT molecular complexity index is 878. The molecule has 2 atom stereocenters. The van der Waals surface area contributed by atoms with E-state index in [9.17, 15) is 23.1 Å². The Hall–Kier alpha value is -2.39. The number of carbonyl (C=O) groups is 1. The van der Waals surface area contributed by atoms with Crippen molar-refractivity contribution in [2.75, 3.05) is 6.54 Å². The minimum atomic E-state index is -4.43. The second-order valence-electron chi connectivity index (χ2n) is 8.43. The Labute approximate surface area is 179 Å². The molecule has 1 amide bonds. The van der Waals surface area contributed by atoms with Crippen molar-refractivity contribution >= 4 is 5.91 Å². The molecular weight excluding hydrogens is 411 g/mol. The van der Waals surface area contributed by atoms with E-state index in [2.05, 4.69) is 15.8 Å². The predicted molar refractivity (Wildman–Crippen MR) is 109 cm³/mol. The number of hydrogen-bond donors (Lipinski definition) is 3. The lowest BCUT2D eigenvalue weighted by Crippen LogP contribution is -2.40. The highest BCUT2D eigenvalue weighted by Gasteiger charge is 2.31. The van der Waals surface area contributed by atoms with Crippen molar-refractivity contribution < 1.29 is 27.6 Å². The third-order valence-electron chi connectivity index (χ3n) is 5.31. The van der Waals surface area contributed by atoms with Gasteiger partial charge in [-0.05, 0) is 50.3 Å². The van der Waals surface area contributed by atoms with Gasteiger partial charge in [0.25, 0.3) is 5.91 Å². The van der Waals surface area contributed by atoms with Gasteiger partial charge in [0.05, 0.1) is 11.7 Å². The van der Waals surface area contributed by atoms with Gasteiger partial charge in [0.1, 0.15) is 0 Å². The number of aliphatic hydroxyl groups is 1. The van der Waals surface area contributed by atoms with E-state index in [0.717, 1.165) is 31.4 Å². The molecule has 9 heteroatoms. The number of rotatable bonds is 7. The predicted octanol–water partition coefficient (Wildman–Crippen LogP) is 4.14. The molecule has 31 heavy (non-hydrogen) atoms. The van der Waals surface area contributed by atoms with Crippen LogP contribution in [0, 0.1) is 5.92 Å². The van der Waals surface area contributed by atoms with Gasteiger partial charge in [0.15, 0.2) is 11.5 Å². The fourth-order valence-electron chi connectivity index (χ4n) is 3.72. The SMILES string of the molecule is CC(C)CNCc1c(C(=O)NC2CCCC(O)C2)noc1-c1ccc(C(F)(F)F)cc1. The number of benzene rings is 1. The van der Waals surface area contributed by atoms with E-state index in [1.807, 2.05) is 13.8 Å². The van der Waals surface area contributed by atoms with Crippen molar-refractivity contribution in [3.63, 3.8) is 0 Å². The molecule has 1 aromatic heterocycles. The fraction of sp³-hybridized carbons (Fsp3) is 0.545. The van der Waals surface area contributed by atoms with E-state index < -0.39 is 23.8 Å². The lowest BCUT2D eigenvalue weighted by atomic mass is 9.93. The number of aliphatic hydroxyl groups excluding tert-OH is 1. The largest absolute Gasteiger partial charge is 0.416 e. The summed E-state index contributed by atoms with van der Waals surface area (Å²) in [6, 6.07) is 4.43. The number of nitrogens with one attached hydrogen (secondary N) is 2. The maximum absolute atomic E-state index is 12.9. The molecule has 0 radical (unpaired) electrons. The molecule has 0 saturated heterocycles. The summed E-state index contributed by atoms with van der Waals surface area (Å²) in [6.07, 6.45) is -2.07. The first kappa shape index (κ1) is 23.3. The molecule has 0 aliphatic heterocycles. The van der Waals surface area contributed by atoms with Gasteiger partial charge < -0.3 is 20.3 Å². The molecule has 1 aliphatic carbocycles. The van der Waals surface area contributed by atoms with Crippen LogP contribution in [-0.4, -0.2) is 34.9 Å². The molecule has 6 nitrogen and oxygen atoms in total. The topological polar surface area (TPSA) is 87.4 Å². The molecule has 1 fully saturated rings. The zero-order chi connectivity index (χ0) is 22.6. The minimum absolute atomic E-state index is 0.103. The molecule has 1 saturated carbocycles. The average molecular weight is 439 g/mol. The molecule has 3 N–H and O–H groups in total. The zero-order valence-corrected chi connectivity index (χ0v) is 17.6. The smallest absolute Gasteiger partial charge is 0.393 e. The molecule has 2 unspecified atom stereocenters. The molecule has 3 rings (SSSR count). The number of carbonyl (C=O) groups excluding carboxylic acids is 1. The van der Waals surface area contributed by atoms with Gasteiger partial charge in [-0.3, -0.25) is 4.79 Å². The van der Waals surface area contributed by atoms with E-state index in [0.29, 0.717) is 30.0 Å². The van der Waals surface area contributed by atoms with Crippen LogP contribution in [0.3, 0.4) is 0 Å². The minimum Gasteiger partial charge on any atom is -0.393 e. The summed E-state index contributed by atoms with van der Waals surface area (Å²) in [7, 11) is 0. The van der Waals surface area contributed by atoms with Gasteiger partial charge in [-0.1, -0.05) is 31.1 Å². The quantitative estimate of drug-likeness (QED) is 0.604. The normalized spacial score (nSPS) is 19.6. The van der Waals surface area contributed by atoms with Crippen LogP contribution in [-0.2, 0) is 12.7 Å². The monoisotopic (exact) mass is 439 g/mol. The van der Waals surface area contributed by atoms with Crippen LogP contribution >= 0.6 is 0 Å². The summed E-state index contributed by atoms with van der Waals surface area (Å²) >= 11 is 0. The van der Waals surface area contributed by atoms with E-state index in [4.69, 9.17) is 4.52 Å². The lowest BCUT2D eigenvalue weighted by Gasteiger charge is -2.26. The van der Waals surface area contributed by atoms with Gasteiger partial charge in [0.2, 0.25) is 0 Å². The lowest BCUT2D eigenvalue weighted by molar-refractivity contribution is -0.137. The highest BCUT2D eigenvalue weighted by Crippen LogP contribution is 2.33. The molecule has 1 aliphatic rings. The van der Waals surface area contributed by atoms with E-state index in [1.54, 1.807) is 0 Å². The summed E-state index contributed by atoms with van der Waals surface area (Å²) in [5, 5.41) is 19.9. The first-order chi connectivity index (χ1) is 14.6. The maximum Gasteiger partial charge on any atom is 0.416 e. The summed E-state index contributed by atoms with van der Waals surface area (Å²) in [5.41, 5.74) is 0.249. The molecular formula is C22H28F3N3O3. The molecule has 170 valence electrons. The van der Waals surface area contributed by atoms with Crippen LogP contribution in [0.2, 0.25) is 0 Å².